The fraction of sp³-hybridized carbons (Fsp3) is 0.393. The average molecular weight is 621 g/mol. The molecule has 0 aliphatic rings. The van der Waals surface area contributed by atoms with Crippen LogP contribution in [0.1, 0.15) is 30.4 Å². The number of aliphatic hydroxyl groups is 4. The van der Waals surface area contributed by atoms with Crippen LogP contribution in [0.3, 0.4) is 0 Å². The first-order valence-electron chi connectivity index (χ1n) is 13.6. The maximum atomic E-state index is 13.6. The number of carbonyl (C=O) groups is 1. The van der Waals surface area contributed by atoms with E-state index in [0.717, 1.165) is 11.1 Å². The highest BCUT2D eigenvalue weighted by molar-refractivity contribution is 7.53. The van der Waals surface area contributed by atoms with E-state index in [4.69, 9.17) is 14.2 Å². The summed E-state index contributed by atoms with van der Waals surface area (Å²) in [5.41, 5.74) is -0.493. The van der Waals surface area contributed by atoms with E-state index >= 15 is 0 Å². The van der Waals surface area contributed by atoms with E-state index in [9.17, 15) is 34.3 Å². The molecule has 15 heteroatoms. The number of rotatable bonds is 18. The highest BCUT2D eigenvalue weighted by Crippen LogP contribution is 2.50. The Morgan fingerprint density at radius 1 is 0.860 bits per heavy atom. The van der Waals surface area contributed by atoms with Gasteiger partial charge in [-0.05, 0) is 24.0 Å². The molecule has 234 valence electrons. The largest absolute Gasteiger partial charge is 0.394 e. The van der Waals surface area contributed by atoms with Crippen molar-refractivity contribution in [3.63, 3.8) is 0 Å². The number of anilines is 2. The van der Waals surface area contributed by atoms with E-state index < -0.39 is 56.2 Å². The van der Waals surface area contributed by atoms with E-state index in [1.807, 2.05) is 65.6 Å². The van der Waals surface area contributed by atoms with Crippen molar-refractivity contribution in [3.8, 4) is 0 Å². The molecule has 14 nitrogen and oxygen atoms in total. The van der Waals surface area contributed by atoms with Crippen molar-refractivity contribution >= 4 is 25.0 Å². The molecule has 0 unspecified atom stereocenters. The van der Waals surface area contributed by atoms with E-state index in [1.165, 1.54) is 0 Å². The summed E-state index contributed by atoms with van der Waals surface area (Å²) >= 11 is 0. The molecule has 0 bridgehead atoms. The molecule has 2 aromatic carbocycles. The fourth-order valence-corrected chi connectivity index (χ4v) is 5.52. The molecule has 0 fully saturated rings. The van der Waals surface area contributed by atoms with Crippen LogP contribution in [0.25, 0.3) is 0 Å². The van der Waals surface area contributed by atoms with Crippen LogP contribution in [0.15, 0.2) is 70.3 Å². The number of hydrogen-bond donors (Lipinski definition) is 8. The average Bonchev–Trinajstić information content (AvgIpc) is 3.01. The SMILES string of the molecule is O=C(CCCCP(=O)(OCc1ccccc1)OCc1ccccc1)Nc1c(NC[C@H](O)[C@H](O)[C@H](O)CO)[nH]c(=O)[nH]c1=O. The van der Waals surface area contributed by atoms with Crippen LogP contribution in [0.5, 0.6) is 0 Å². The molecule has 0 aliphatic carbocycles. The predicted molar refractivity (Wildman–Crippen MR) is 159 cm³/mol. The first kappa shape index (κ1) is 33.9. The molecule has 0 saturated carbocycles. The number of carbonyl (C=O) groups excluding carboxylic acids is 1. The maximum Gasteiger partial charge on any atom is 0.331 e. The van der Waals surface area contributed by atoms with Crippen molar-refractivity contribution in [2.75, 3.05) is 29.9 Å². The van der Waals surface area contributed by atoms with Crippen LogP contribution in [-0.2, 0) is 31.6 Å². The van der Waals surface area contributed by atoms with Gasteiger partial charge in [-0.25, -0.2) is 4.79 Å². The van der Waals surface area contributed by atoms with E-state index in [1.54, 1.807) is 0 Å². The Balaban J connectivity index is 1.57. The second kappa shape index (κ2) is 16.9. The topological polar surface area (TPSA) is 223 Å². The first-order chi connectivity index (χ1) is 20.6. The number of aromatic nitrogens is 2. The molecule has 3 rings (SSSR count). The number of benzene rings is 2. The molecule has 1 aromatic heterocycles. The third-order valence-electron chi connectivity index (χ3n) is 6.30. The highest BCUT2D eigenvalue weighted by atomic mass is 31.2. The van der Waals surface area contributed by atoms with E-state index in [0.29, 0.717) is 6.42 Å². The smallest absolute Gasteiger partial charge is 0.331 e. The van der Waals surface area contributed by atoms with Crippen molar-refractivity contribution in [2.24, 2.45) is 0 Å². The van der Waals surface area contributed by atoms with E-state index in [-0.39, 0.29) is 43.7 Å². The summed E-state index contributed by atoms with van der Waals surface area (Å²) in [6.45, 7) is -1.07. The van der Waals surface area contributed by atoms with Crippen LogP contribution in [-0.4, -0.2) is 73.9 Å². The van der Waals surface area contributed by atoms with Gasteiger partial charge in [0.05, 0.1) is 32.1 Å². The Morgan fingerprint density at radius 2 is 1.44 bits per heavy atom. The number of nitrogens with one attached hydrogen (secondary N) is 4. The molecule has 3 aromatic rings. The van der Waals surface area contributed by atoms with Gasteiger partial charge >= 0.3 is 13.3 Å². The van der Waals surface area contributed by atoms with Gasteiger partial charge in [-0.3, -0.25) is 24.1 Å². The second-order valence-electron chi connectivity index (χ2n) is 9.70. The fourth-order valence-electron chi connectivity index (χ4n) is 3.88. The molecule has 1 amide bonds. The number of aliphatic hydroxyl groups excluding tert-OH is 4. The summed E-state index contributed by atoms with van der Waals surface area (Å²) in [4.78, 5) is 41.1. The van der Waals surface area contributed by atoms with Crippen molar-refractivity contribution in [2.45, 2.75) is 50.8 Å². The van der Waals surface area contributed by atoms with Gasteiger partial charge in [-0.15, -0.1) is 0 Å². The third-order valence-corrected chi connectivity index (χ3v) is 8.21. The molecular formula is C28H37N4O10P. The molecule has 3 atom stereocenters. The van der Waals surface area contributed by atoms with Crippen molar-refractivity contribution < 1.29 is 38.8 Å². The highest BCUT2D eigenvalue weighted by Gasteiger charge is 2.26. The molecule has 8 N–H and O–H groups in total. The van der Waals surface area contributed by atoms with Gasteiger partial charge in [0, 0.05) is 13.0 Å². The van der Waals surface area contributed by atoms with Crippen molar-refractivity contribution in [1.29, 1.82) is 0 Å². The summed E-state index contributed by atoms with van der Waals surface area (Å²) in [6, 6.07) is 18.5. The molecule has 0 aliphatic heterocycles. The van der Waals surface area contributed by atoms with Crippen LogP contribution in [0.2, 0.25) is 0 Å². The molecule has 1 heterocycles. The lowest BCUT2D eigenvalue weighted by atomic mass is 10.1. The quantitative estimate of drug-likeness (QED) is 0.0747. The van der Waals surface area contributed by atoms with E-state index in [2.05, 4.69) is 15.6 Å². The molecule has 0 radical (unpaired) electrons. The first-order valence-corrected chi connectivity index (χ1v) is 15.3. The molecule has 0 spiro atoms. The minimum Gasteiger partial charge on any atom is -0.394 e. The lowest BCUT2D eigenvalue weighted by Gasteiger charge is -2.22. The van der Waals surface area contributed by atoms with Gasteiger partial charge in [0.1, 0.15) is 23.7 Å². The number of amides is 1. The number of H-pyrrole nitrogens is 2. The Kier molecular flexibility index (Phi) is 13.3. The van der Waals surface area contributed by atoms with Crippen molar-refractivity contribution in [3.05, 3.63) is 92.6 Å². The Hall–Kier alpha value is -3.62. The maximum absolute atomic E-state index is 13.6. The van der Waals surface area contributed by atoms with Gasteiger partial charge in [0.2, 0.25) is 5.91 Å². The summed E-state index contributed by atoms with van der Waals surface area (Å²) in [6.07, 6.45) is -4.36. The molecule has 0 saturated heterocycles. The summed E-state index contributed by atoms with van der Waals surface area (Å²) in [7, 11) is -3.55. The lowest BCUT2D eigenvalue weighted by Crippen LogP contribution is -2.43. The third kappa shape index (κ3) is 11.2. The van der Waals surface area contributed by atoms with Gasteiger partial charge in [0.15, 0.2) is 0 Å². The van der Waals surface area contributed by atoms with Crippen LogP contribution in [0.4, 0.5) is 11.5 Å². The molecule has 43 heavy (non-hydrogen) atoms. The van der Waals surface area contributed by atoms with Gasteiger partial charge < -0.3 is 40.1 Å². The Morgan fingerprint density at radius 3 is 2.00 bits per heavy atom. The van der Waals surface area contributed by atoms with Gasteiger partial charge in [-0.1, -0.05) is 60.7 Å². The predicted octanol–water partition coefficient (Wildman–Crippen LogP) is 1.29. The van der Waals surface area contributed by atoms with Crippen LogP contribution >= 0.6 is 7.60 Å². The Labute approximate surface area is 247 Å². The Bertz CT molecular complexity index is 1400. The van der Waals surface area contributed by atoms with Crippen molar-refractivity contribution in [1.82, 2.24) is 9.97 Å². The van der Waals surface area contributed by atoms with Gasteiger partial charge in [-0.2, -0.15) is 0 Å². The van der Waals surface area contributed by atoms with Gasteiger partial charge in [0.25, 0.3) is 5.56 Å². The number of aromatic amines is 2. The lowest BCUT2D eigenvalue weighted by molar-refractivity contribution is -0.116. The number of unbranched alkanes of at least 4 members (excludes halogenated alkanes) is 1. The standard InChI is InChI=1S/C28H37N4O10P/c33-16-22(35)25(37)21(34)15-29-26-24(27(38)32-28(39)31-26)30-23(36)13-7-8-14-43(40,41-17-19-9-3-1-4-10-19)42-18-20-11-5-2-6-12-20/h1-6,9-12,21-22,25,33-35,37H,7-8,13-18H2,(H,30,36)(H3,29,31,32,38,39)/t21-,22+,25-/m0/s1. The minimum absolute atomic E-state index is 0.0475. The summed E-state index contributed by atoms with van der Waals surface area (Å²) < 4.78 is 25.0. The number of hydrogen-bond acceptors (Lipinski definition) is 11. The second-order valence-corrected chi connectivity index (χ2v) is 11.9. The zero-order valence-electron chi connectivity index (χ0n) is 23.3. The normalized spacial score (nSPS) is 13.7. The van der Waals surface area contributed by atoms with Crippen LogP contribution in [0, 0.1) is 0 Å². The molecular weight excluding hydrogens is 583 g/mol. The monoisotopic (exact) mass is 620 g/mol. The zero-order valence-corrected chi connectivity index (χ0v) is 24.2. The summed E-state index contributed by atoms with van der Waals surface area (Å²) in [5.74, 6) is -0.818. The summed E-state index contributed by atoms with van der Waals surface area (Å²) in [5, 5.41) is 43.2. The van der Waals surface area contributed by atoms with Crippen LogP contribution < -0.4 is 21.9 Å². The zero-order chi connectivity index (χ0) is 31.2. The minimum atomic E-state index is -3.55.